The second-order valence-corrected chi connectivity index (χ2v) is 5.94. The van der Waals surface area contributed by atoms with E-state index in [4.69, 9.17) is 0 Å². The number of carbonyl (C=O) groups is 1. The molecule has 1 aromatic carbocycles. The van der Waals surface area contributed by atoms with Gasteiger partial charge >= 0.3 is 12.2 Å². The molecule has 0 aliphatic heterocycles. The fraction of sp³-hybridized carbons (Fsp3) is 0.353. The molecule has 1 saturated carbocycles. The monoisotopic (exact) mass is 337 g/mol. The number of aromatic nitrogens is 1. The molecule has 2 amide bonds. The number of carbonyl (C=O) groups excluding carboxylic acids is 1. The standard InChI is InChI=1S/C17H18F3N3O/c1-22-10-4-5-13(22)11-23(12-8-9-12)16(24)21-15-7-3-2-6-14(15)17(18,19)20/h2-7,10,12H,8-9,11H2,1H3,(H,21,24). The third kappa shape index (κ3) is 3.55. The maximum absolute atomic E-state index is 13.1. The minimum atomic E-state index is -4.51. The molecular formula is C17H18F3N3O. The first-order valence-electron chi connectivity index (χ1n) is 7.70. The van der Waals surface area contributed by atoms with Crippen molar-refractivity contribution in [1.29, 1.82) is 0 Å². The molecular weight excluding hydrogens is 319 g/mol. The van der Waals surface area contributed by atoms with E-state index in [-0.39, 0.29) is 11.7 Å². The molecule has 0 unspecified atom stereocenters. The van der Waals surface area contributed by atoms with E-state index in [1.165, 1.54) is 18.2 Å². The van der Waals surface area contributed by atoms with Gasteiger partial charge in [0.15, 0.2) is 0 Å². The Bertz CT molecular complexity index is 735. The fourth-order valence-electron chi connectivity index (χ4n) is 2.61. The van der Waals surface area contributed by atoms with E-state index in [2.05, 4.69) is 5.32 Å². The zero-order valence-corrected chi connectivity index (χ0v) is 13.2. The van der Waals surface area contributed by atoms with Gasteiger partial charge in [0.1, 0.15) is 0 Å². The molecule has 1 aromatic heterocycles. The van der Waals surface area contributed by atoms with Crippen molar-refractivity contribution in [2.45, 2.75) is 31.6 Å². The summed E-state index contributed by atoms with van der Waals surface area (Å²) < 4.78 is 41.1. The highest BCUT2D eigenvalue weighted by Crippen LogP contribution is 2.35. The first-order valence-corrected chi connectivity index (χ1v) is 7.70. The second-order valence-electron chi connectivity index (χ2n) is 5.94. The molecule has 7 heteroatoms. The third-order valence-electron chi connectivity index (χ3n) is 4.11. The highest BCUT2D eigenvalue weighted by Gasteiger charge is 2.36. The number of para-hydroxylation sites is 1. The zero-order valence-electron chi connectivity index (χ0n) is 13.2. The van der Waals surface area contributed by atoms with Crippen LogP contribution in [0.25, 0.3) is 0 Å². The largest absolute Gasteiger partial charge is 0.418 e. The molecule has 0 saturated heterocycles. The van der Waals surface area contributed by atoms with E-state index in [9.17, 15) is 18.0 Å². The molecule has 128 valence electrons. The summed E-state index contributed by atoms with van der Waals surface area (Å²) in [6.07, 6.45) is -0.888. The summed E-state index contributed by atoms with van der Waals surface area (Å²) in [5, 5.41) is 2.43. The van der Waals surface area contributed by atoms with Crippen LogP contribution < -0.4 is 5.32 Å². The summed E-state index contributed by atoms with van der Waals surface area (Å²) >= 11 is 0. The van der Waals surface area contributed by atoms with Gasteiger partial charge in [-0.15, -0.1) is 0 Å². The fourth-order valence-corrected chi connectivity index (χ4v) is 2.61. The molecule has 0 bridgehead atoms. The number of hydrogen-bond acceptors (Lipinski definition) is 1. The van der Waals surface area contributed by atoms with Crippen LogP contribution in [0.1, 0.15) is 24.1 Å². The zero-order chi connectivity index (χ0) is 17.3. The second kappa shape index (κ2) is 6.22. The van der Waals surface area contributed by atoms with Crippen LogP contribution in [-0.4, -0.2) is 21.5 Å². The van der Waals surface area contributed by atoms with Crippen LogP contribution in [0.15, 0.2) is 42.6 Å². The number of alkyl halides is 3. The molecule has 1 aliphatic rings. The van der Waals surface area contributed by atoms with Gasteiger partial charge in [-0.05, 0) is 37.1 Å². The summed E-state index contributed by atoms with van der Waals surface area (Å²) in [6.45, 7) is 0.369. The molecule has 1 heterocycles. The Balaban J connectivity index is 1.79. The van der Waals surface area contributed by atoms with Crippen molar-refractivity contribution < 1.29 is 18.0 Å². The van der Waals surface area contributed by atoms with Gasteiger partial charge in [-0.1, -0.05) is 12.1 Å². The number of hydrogen-bond donors (Lipinski definition) is 1. The van der Waals surface area contributed by atoms with Crippen LogP contribution in [0.2, 0.25) is 0 Å². The molecule has 4 nitrogen and oxygen atoms in total. The van der Waals surface area contributed by atoms with Crippen LogP contribution in [0.3, 0.4) is 0 Å². The Morgan fingerprint density at radius 2 is 1.96 bits per heavy atom. The van der Waals surface area contributed by atoms with Gasteiger partial charge in [0.2, 0.25) is 0 Å². The Kier molecular flexibility index (Phi) is 4.26. The van der Waals surface area contributed by atoms with E-state index >= 15 is 0 Å². The van der Waals surface area contributed by atoms with Gasteiger partial charge in [-0.2, -0.15) is 13.2 Å². The number of benzene rings is 1. The van der Waals surface area contributed by atoms with Crippen molar-refractivity contribution in [3.8, 4) is 0 Å². The molecule has 2 aromatic rings. The number of nitrogens with one attached hydrogen (secondary N) is 1. The first kappa shape index (κ1) is 16.4. The summed E-state index contributed by atoms with van der Waals surface area (Å²) in [5.74, 6) is 0. The maximum Gasteiger partial charge on any atom is 0.418 e. The normalized spacial score (nSPS) is 14.5. The van der Waals surface area contributed by atoms with Crippen molar-refractivity contribution in [2.24, 2.45) is 7.05 Å². The lowest BCUT2D eigenvalue weighted by atomic mass is 10.1. The predicted molar refractivity (Wildman–Crippen MR) is 84.4 cm³/mol. The van der Waals surface area contributed by atoms with E-state index in [0.717, 1.165) is 24.6 Å². The van der Waals surface area contributed by atoms with E-state index < -0.39 is 17.8 Å². The lowest BCUT2D eigenvalue weighted by Crippen LogP contribution is -2.37. The van der Waals surface area contributed by atoms with Crippen molar-refractivity contribution in [3.05, 3.63) is 53.9 Å². The summed E-state index contributed by atoms with van der Waals surface area (Å²) in [5.41, 5.74) is -0.123. The number of halogens is 3. The highest BCUT2D eigenvalue weighted by molar-refractivity contribution is 5.90. The minimum absolute atomic E-state index is 0.0814. The van der Waals surface area contributed by atoms with Crippen LogP contribution >= 0.6 is 0 Å². The number of rotatable bonds is 4. The Labute approximate surface area is 137 Å². The molecule has 3 rings (SSSR count). The molecule has 24 heavy (non-hydrogen) atoms. The smallest absolute Gasteiger partial charge is 0.353 e. The van der Waals surface area contributed by atoms with E-state index in [0.29, 0.717) is 6.54 Å². The lowest BCUT2D eigenvalue weighted by molar-refractivity contribution is -0.136. The van der Waals surface area contributed by atoms with Crippen LogP contribution in [-0.2, 0) is 19.8 Å². The molecule has 1 N–H and O–H groups in total. The number of anilines is 1. The molecule has 0 atom stereocenters. The van der Waals surface area contributed by atoms with Gasteiger partial charge in [-0.25, -0.2) is 4.79 Å². The summed E-state index contributed by atoms with van der Waals surface area (Å²) in [6, 6.07) is 8.37. The molecule has 1 fully saturated rings. The molecule has 0 radical (unpaired) electrons. The van der Waals surface area contributed by atoms with Gasteiger partial charge in [0, 0.05) is 25.0 Å². The Morgan fingerprint density at radius 1 is 1.25 bits per heavy atom. The van der Waals surface area contributed by atoms with E-state index in [1.54, 1.807) is 4.90 Å². The average molecular weight is 337 g/mol. The van der Waals surface area contributed by atoms with Gasteiger partial charge in [0.25, 0.3) is 0 Å². The minimum Gasteiger partial charge on any atom is -0.353 e. The predicted octanol–water partition coefficient (Wildman–Crippen LogP) is 4.24. The number of amides is 2. The van der Waals surface area contributed by atoms with Crippen LogP contribution in [0.5, 0.6) is 0 Å². The lowest BCUT2D eigenvalue weighted by Gasteiger charge is -2.24. The molecule has 1 aliphatic carbocycles. The van der Waals surface area contributed by atoms with Gasteiger partial charge < -0.3 is 14.8 Å². The van der Waals surface area contributed by atoms with Crippen molar-refractivity contribution >= 4 is 11.7 Å². The Morgan fingerprint density at radius 3 is 2.54 bits per heavy atom. The van der Waals surface area contributed by atoms with Crippen molar-refractivity contribution in [1.82, 2.24) is 9.47 Å². The van der Waals surface area contributed by atoms with Crippen LogP contribution in [0, 0.1) is 0 Å². The topological polar surface area (TPSA) is 37.3 Å². The number of aryl methyl sites for hydroxylation is 1. The first-order chi connectivity index (χ1) is 11.4. The van der Waals surface area contributed by atoms with Crippen molar-refractivity contribution in [3.63, 3.8) is 0 Å². The van der Waals surface area contributed by atoms with Gasteiger partial charge in [-0.3, -0.25) is 0 Å². The quantitative estimate of drug-likeness (QED) is 0.890. The average Bonchev–Trinajstić information content (AvgIpc) is 3.27. The summed E-state index contributed by atoms with van der Waals surface area (Å²) in [7, 11) is 1.87. The highest BCUT2D eigenvalue weighted by atomic mass is 19.4. The SMILES string of the molecule is Cn1cccc1CN(C(=O)Nc1ccccc1C(F)(F)F)C1CC1. The summed E-state index contributed by atoms with van der Waals surface area (Å²) in [4.78, 5) is 14.1. The molecule has 0 spiro atoms. The van der Waals surface area contributed by atoms with Crippen molar-refractivity contribution in [2.75, 3.05) is 5.32 Å². The third-order valence-corrected chi connectivity index (χ3v) is 4.11. The number of nitrogens with zero attached hydrogens (tertiary/aromatic N) is 2. The van der Waals surface area contributed by atoms with Gasteiger partial charge in [0.05, 0.1) is 17.8 Å². The Hall–Kier alpha value is -2.44. The van der Waals surface area contributed by atoms with E-state index in [1.807, 2.05) is 29.9 Å². The van der Waals surface area contributed by atoms with Crippen LogP contribution in [0.4, 0.5) is 23.7 Å². The maximum atomic E-state index is 13.1. The number of urea groups is 1.